The third kappa shape index (κ3) is 3.64. The fourth-order valence-electron chi connectivity index (χ4n) is 2.73. The molecule has 1 amide bonds. The summed E-state index contributed by atoms with van der Waals surface area (Å²) in [5, 5.41) is 6.79. The van der Waals surface area contributed by atoms with Crippen LogP contribution in [0.25, 0.3) is 0 Å². The van der Waals surface area contributed by atoms with Crippen molar-refractivity contribution >= 4 is 23.2 Å². The smallest absolute Gasteiger partial charge is 0.253 e. The summed E-state index contributed by atoms with van der Waals surface area (Å²) < 4.78 is 5.30. The number of benzene rings is 1. The molecule has 1 aromatic carbocycles. The van der Waals surface area contributed by atoms with Gasteiger partial charge in [0.2, 0.25) is 0 Å². The van der Waals surface area contributed by atoms with Crippen LogP contribution in [0.15, 0.2) is 35.5 Å². The average molecular weight is 333 g/mol. The van der Waals surface area contributed by atoms with Gasteiger partial charge in [0.25, 0.3) is 5.91 Å². The predicted octanol–water partition coefficient (Wildman–Crippen LogP) is 2.36. The second-order valence-electron chi connectivity index (χ2n) is 5.32. The molecule has 1 atom stereocenters. The van der Waals surface area contributed by atoms with Gasteiger partial charge in [0.1, 0.15) is 5.75 Å². The Morgan fingerprint density at radius 3 is 2.65 bits per heavy atom. The molecule has 0 aromatic heterocycles. The number of rotatable bonds is 5. The van der Waals surface area contributed by atoms with Crippen LogP contribution in [0, 0.1) is 0 Å². The molecule has 2 N–H and O–H groups in total. The van der Waals surface area contributed by atoms with Crippen LogP contribution in [0.1, 0.15) is 32.4 Å². The first-order valence-electron chi connectivity index (χ1n) is 7.73. The standard InChI is InChI=1S/C17H23N3O2S/c1-5-20(6-2)16(21)14-11(3)18-17(23)19-15(14)12-8-7-9-13(10-12)22-4/h7-10,15H,5-6H2,1-4H3,(H2,18,19,23)/t15-/m0/s1. The summed E-state index contributed by atoms with van der Waals surface area (Å²) in [4.78, 5) is 14.7. The Labute approximate surface area is 142 Å². The molecule has 1 aliphatic heterocycles. The first-order chi connectivity index (χ1) is 11.0. The van der Waals surface area contributed by atoms with E-state index in [0.717, 1.165) is 17.0 Å². The van der Waals surface area contributed by atoms with E-state index in [0.29, 0.717) is 23.8 Å². The Morgan fingerprint density at radius 1 is 1.35 bits per heavy atom. The molecule has 1 aliphatic rings. The molecule has 0 unspecified atom stereocenters. The molecule has 0 radical (unpaired) electrons. The van der Waals surface area contributed by atoms with Crippen LogP contribution in [-0.4, -0.2) is 36.1 Å². The topological polar surface area (TPSA) is 53.6 Å². The normalized spacial score (nSPS) is 17.4. The molecule has 124 valence electrons. The number of ether oxygens (including phenoxy) is 1. The third-order valence-corrected chi connectivity index (χ3v) is 4.20. The highest BCUT2D eigenvalue weighted by Gasteiger charge is 2.31. The fraction of sp³-hybridized carbons (Fsp3) is 0.412. The quantitative estimate of drug-likeness (QED) is 0.810. The maximum Gasteiger partial charge on any atom is 0.253 e. The summed E-state index contributed by atoms with van der Waals surface area (Å²) >= 11 is 5.27. The van der Waals surface area contributed by atoms with Crippen molar-refractivity contribution in [3.63, 3.8) is 0 Å². The van der Waals surface area contributed by atoms with Crippen LogP contribution in [-0.2, 0) is 4.79 Å². The second-order valence-corrected chi connectivity index (χ2v) is 5.73. The van der Waals surface area contributed by atoms with E-state index in [1.165, 1.54) is 0 Å². The van der Waals surface area contributed by atoms with Crippen molar-refractivity contribution in [2.75, 3.05) is 20.2 Å². The highest BCUT2D eigenvalue weighted by Crippen LogP contribution is 2.30. The number of amides is 1. The molecule has 1 aromatic rings. The average Bonchev–Trinajstić information content (AvgIpc) is 2.55. The van der Waals surface area contributed by atoms with Crippen LogP contribution in [0.3, 0.4) is 0 Å². The van der Waals surface area contributed by atoms with E-state index in [1.807, 2.05) is 49.9 Å². The molecule has 0 saturated heterocycles. The van der Waals surface area contributed by atoms with Crippen LogP contribution < -0.4 is 15.4 Å². The first kappa shape index (κ1) is 17.3. The molecule has 23 heavy (non-hydrogen) atoms. The van der Waals surface area contributed by atoms with Gasteiger partial charge in [-0.15, -0.1) is 0 Å². The Balaban J connectivity index is 2.47. The lowest BCUT2D eigenvalue weighted by Gasteiger charge is -2.33. The number of likely N-dealkylation sites (N-methyl/N-ethyl adjacent to an activating group) is 1. The van der Waals surface area contributed by atoms with Crippen LogP contribution in [0.4, 0.5) is 0 Å². The van der Waals surface area contributed by atoms with Crippen molar-refractivity contribution < 1.29 is 9.53 Å². The van der Waals surface area contributed by atoms with Crippen LogP contribution in [0.5, 0.6) is 5.75 Å². The van der Waals surface area contributed by atoms with Crippen molar-refractivity contribution in [2.45, 2.75) is 26.8 Å². The number of methoxy groups -OCH3 is 1. The molecule has 1 heterocycles. The van der Waals surface area contributed by atoms with E-state index in [2.05, 4.69) is 10.6 Å². The molecular formula is C17H23N3O2S. The monoisotopic (exact) mass is 333 g/mol. The lowest BCUT2D eigenvalue weighted by molar-refractivity contribution is -0.127. The number of hydrogen-bond donors (Lipinski definition) is 2. The van der Waals surface area contributed by atoms with Crippen LogP contribution >= 0.6 is 12.2 Å². The Morgan fingerprint density at radius 2 is 2.04 bits per heavy atom. The number of carbonyl (C=O) groups is 1. The van der Waals surface area contributed by atoms with Crippen molar-refractivity contribution in [3.8, 4) is 5.75 Å². The van der Waals surface area contributed by atoms with Gasteiger partial charge >= 0.3 is 0 Å². The third-order valence-electron chi connectivity index (χ3n) is 3.98. The van der Waals surface area contributed by atoms with Gasteiger partial charge in [-0.3, -0.25) is 4.79 Å². The lowest BCUT2D eigenvalue weighted by atomic mass is 9.94. The van der Waals surface area contributed by atoms with Gasteiger partial charge in [-0.05, 0) is 50.7 Å². The molecule has 0 fully saturated rings. The number of nitrogens with one attached hydrogen (secondary N) is 2. The van der Waals surface area contributed by atoms with Gasteiger partial charge in [-0.2, -0.15) is 0 Å². The number of thiocarbonyl (C=S) groups is 1. The van der Waals surface area contributed by atoms with E-state index in [-0.39, 0.29) is 11.9 Å². The fourth-order valence-corrected chi connectivity index (χ4v) is 3.00. The van der Waals surface area contributed by atoms with Gasteiger partial charge in [0, 0.05) is 18.8 Å². The summed E-state index contributed by atoms with van der Waals surface area (Å²) in [5.74, 6) is 0.767. The minimum Gasteiger partial charge on any atom is -0.497 e. The zero-order valence-electron chi connectivity index (χ0n) is 14.0. The van der Waals surface area contributed by atoms with Gasteiger partial charge in [0.05, 0.1) is 18.7 Å². The summed E-state index contributed by atoms with van der Waals surface area (Å²) in [6, 6.07) is 7.40. The zero-order chi connectivity index (χ0) is 17.0. The molecular weight excluding hydrogens is 310 g/mol. The van der Waals surface area contributed by atoms with E-state index in [4.69, 9.17) is 17.0 Å². The number of carbonyl (C=O) groups excluding carboxylic acids is 1. The van der Waals surface area contributed by atoms with E-state index in [1.54, 1.807) is 7.11 Å². The zero-order valence-corrected chi connectivity index (χ0v) is 14.8. The maximum atomic E-state index is 12.9. The second kappa shape index (κ2) is 7.46. The van der Waals surface area contributed by atoms with Crippen LogP contribution in [0.2, 0.25) is 0 Å². The summed E-state index contributed by atoms with van der Waals surface area (Å²) in [6.07, 6.45) is 0. The van der Waals surface area contributed by atoms with E-state index in [9.17, 15) is 4.79 Å². The molecule has 0 aliphatic carbocycles. The van der Waals surface area contributed by atoms with Crippen molar-refractivity contribution in [1.82, 2.24) is 15.5 Å². The maximum absolute atomic E-state index is 12.9. The number of nitrogens with zero attached hydrogens (tertiary/aromatic N) is 1. The molecule has 6 heteroatoms. The van der Waals surface area contributed by atoms with Gasteiger partial charge in [-0.25, -0.2) is 0 Å². The number of allylic oxidation sites excluding steroid dienone is 1. The molecule has 2 rings (SSSR count). The highest BCUT2D eigenvalue weighted by molar-refractivity contribution is 7.80. The molecule has 0 spiro atoms. The van der Waals surface area contributed by atoms with Crippen molar-refractivity contribution in [2.24, 2.45) is 0 Å². The molecule has 0 saturated carbocycles. The molecule has 5 nitrogen and oxygen atoms in total. The van der Waals surface area contributed by atoms with Gasteiger partial charge in [0.15, 0.2) is 5.11 Å². The highest BCUT2D eigenvalue weighted by atomic mass is 32.1. The van der Waals surface area contributed by atoms with Crippen molar-refractivity contribution in [3.05, 3.63) is 41.1 Å². The number of hydrogen-bond acceptors (Lipinski definition) is 3. The Hall–Kier alpha value is -2.08. The lowest BCUT2D eigenvalue weighted by Crippen LogP contribution is -2.47. The first-order valence-corrected chi connectivity index (χ1v) is 8.14. The van der Waals surface area contributed by atoms with Gasteiger partial charge in [-0.1, -0.05) is 12.1 Å². The SMILES string of the molecule is CCN(CC)C(=O)C1=C(C)NC(=S)N[C@H]1c1cccc(OC)c1. The predicted molar refractivity (Wildman–Crippen MR) is 95.2 cm³/mol. The Kier molecular flexibility index (Phi) is 5.60. The molecule has 0 bridgehead atoms. The summed E-state index contributed by atoms with van der Waals surface area (Å²) in [6.45, 7) is 7.18. The van der Waals surface area contributed by atoms with E-state index >= 15 is 0 Å². The van der Waals surface area contributed by atoms with Crippen molar-refractivity contribution in [1.29, 1.82) is 0 Å². The minimum atomic E-state index is -0.285. The van der Waals surface area contributed by atoms with E-state index < -0.39 is 0 Å². The Bertz CT molecular complexity index is 638. The summed E-state index contributed by atoms with van der Waals surface area (Å²) in [7, 11) is 1.63. The largest absolute Gasteiger partial charge is 0.497 e. The van der Waals surface area contributed by atoms with Gasteiger partial charge < -0.3 is 20.3 Å². The summed E-state index contributed by atoms with van der Waals surface area (Å²) in [5.41, 5.74) is 2.43. The minimum absolute atomic E-state index is 0.0165.